The van der Waals surface area contributed by atoms with Crippen molar-refractivity contribution in [1.82, 2.24) is 9.88 Å². The predicted molar refractivity (Wildman–Crippen MR) is 75.3 cm³/mol. The summed E-state index contributed by atoms with van der Waals surface area (Å²) in [5.74, 6) is -0.564. The Hall–Kier alpha value is -2.08. The SMILES string of the molecule is CN1CCN(c2ccnc(C(=CN)C(N)=O)c2)CC1. The summed E-state index contributed by atoms with van der Waals surface area (Å²) in [4.78, 5) is 20.0. The van der Waals surface area contributed by atoms with E-state index in [1.165, 1.54) is 6.20 Å². The molecule has 1 aliphatic heterocycles. The minimum absolute atomic E-state index is 0.246. The summed E-state index contributed by atoms with van der Waals surface area (Å²) in [5, 5.41) is 0. The first-order valence-corrected chi connectivity index (χ1v) is 6.23. The third kappa shape index (κ3) is 3.03. The number of nitrogens with zero attached hydrogens (tertiary/aromatic N) is 3. The highest BCUT2D eigenvalue weighted by Crippen LogP contribution is 2.20. The van der Waals surface area contributed by atoms with Crippen molar-refractivity contribution in [3.05, 3.63) is 30.2 Å². The standard InChI is InChI=1S/C13H19N5O/c1-17-4-6-18(7-5-17)10-2-3-16-12(8-10)11(9-14)13(15)19/h2-3,8-9H,4-7,14H2,1H3,(H2,15,19). The molecule has 0 spiro atoms. The number of likely N-dealkylation sites (N-methyl/N-ethyl adjacent to an activating group) is 1. The lowest BCUT2D eigenvalue weighted by Gasteiger charge is -2.34. The van der Waals surface area contributed by atoms with Crippen LogP contribution < -0.4 is 16.4 Å². The minimum Gasteiger partial charge on any atom is -0.404 e. The first kappa shape index (κ1) is 13.4. The smallest absolute Gasteiger partial charge is 0.252 e. The number of amides is 1. The van der Waals surface area contributed by atoms with E-state index in [1.54, 1.807) is 6.20 Å². The lowest BCUT2D eigenvalue weighted by molar-refractivity contribution is -0.112. The van der Waals surface area contributed by atoms with Crippen LogP contribution in [0.2, 0.25) is 0 Å². The molecule has 0 bridgehead atoms. The third-order valence-electron chi connectivity index (χ3n) is 3.32. The van der Waals surface area contributed by atoms with Gasteiger partial charge in [-0.15, -0.1) is 0 Å². The van der Waals surface area contributed by atoms with E-state index >= 15 is 0 Å². The zero-order valence-electron chi connectivity index (χ0n) is 11.0. The number of rotatable bonds is 3. The molecule has 1 aliphatic rings. The van der Waals surface area contributed by atoms with Crippen LogP contribution in [0.1, 0.15) is 5.69 Å². The predicted octanol–water partition coefficient (Wildman–Crippen LogP) is -0.382. The van der Waals surface area contributed by atoms with E-state index in [9.17, 15) is 4.79 Å². The number of piperazine rings is 1. The van der Waals surface area contributed by atoms with Gasteiger partial charge in [0.05, 0.1) is 11.3 Å². The van der Waals surface area contributed by atoms with Gasteiger partial charge >= 0.3 is 0 Å². The zero-order valence-corrected chi connectivity index (χ0v) is 11.0. The summed E-state index contributed by atoms with van der Waals surface area (Å²) < 4.78 is 0. The highest BCUT2D eigenvalue weighted by Gasteiger charge is 2.16. The topological polar surface area (TPSA) is 88.5 Å². The second-order valence-electron chi connectivity index (χ2n) is 4.63. The van der Waals surface area contributed by atoms with Crippen LogP contribution in [-0.2, 0) is 4.79 Å². The monoisotopic (exact) mass is 261 g/mol. The Balaban J connectivity index is 2.22. The number of pyridine rings is 1. The first-order chi connectivity index (χ1) is 9.11. The number of nitrogens with two attached hydrogens (primary N) is 2. The van der Waals surface area contributed by atoms with Gasteiger partial charge in [-0.25, -0.2) is 0 Å². The number of carbonyl (C=O) groups is 1. The van der Waals surface area contributed by atoms with E-state index in [4.69, 9.17) is 11.5 Å². The van der Waals surface area contributed by atoms with Gasteiger partial charge in [-0.2, -0.15) is 0 Å². The van der Waals surface area contributed by atoms with Crippen molar-refractivity contribution in [3.8, 4) is 0 Å². The largest absolute Gasteiger partial charge is 0.404 e. The average molecular weight is 261 g/mol. The van der Waals surface area contributed by atoms with Gasteiger partial charge in [-0.1, -0.05) is 0 Å². The molecule has 4 N–H and O–H groups in total. The Morgan fingerprint density at radius 1 is 1.37 bits per heavy atom. The van der Waals surface area contributed by atoms with Crippen LogP contribution in [0, 0.1) is 0 Å². The zero-order chi connectivity index (χ0) is 13.8. The maximum Gasteiger partial charge on any atom is 0.252 e. The van der Waals surface area contributed by atoms with E-state index in [-0.39, 0.29) is 5.57 Å². The molecule has 1 fully saturated rings. The molecule has 6 nitrogen and oxygen atoms in total. The second-order valence-corrected chi connectivity index (χ2v) is 4.63. The molecular formula is C13H19N5O. The van der Waals surface area contributed by atoms with E-state index < -0.39 is 5.91 Å². The molecule has 2 rings (SSSR count). The van der Waals surface area contributed by atoms with Crippen molar-refractivity contribution >= 4 is 17.2 Å². The van der Waals surface area contributed by atoms with Gasteiger partial charge in [-0.05, 0) is 19.2 Å². The normalized spacial score (nSPS) is 17.5. The molecule has 0 aromatic carbocycles. The molecule has 0 atom stereocenters. The lowest BCUT2D eigenvalue weighted by atomic mass is 10.1. The fraction of sp³-hybridized carbons (Fsp3) is 0.385. The number of carbonyl (C=O) groups excluding carboxylic acids is 1. The molecule has 0 aliphatic carbocycles. The third-order valence-corrected chi connectivity index (χ3v) is 3.32. The molecule has 1 saturated heterocycles. The molecule has 1 aromatic heterocycles. The minimum atomic E-state index is -0.564. The summed E-state index contributed by atoms with van der Waals surface area (Å²) in [6, 6.07) is 3.79. The Labute approximate surface area is 112 Å². The molecule has 0 unspecified atom stereocenters. The van der Waals surface area contributed by atoms with Crippen molar-refractivity contribution in [2.24, 2.45) is 11.5 Å². The van der Waals surface area contributed by atoms with Gasteiger partial charge in [0, 0.05) is 44.3 Å². The van der Waals surface area contributed by atoms with E-state index in [2.05, 4.69) is 21.8 Å². The Morgan fingerprint density at radius 2 is 2.05 bits per heavy atom. The van der Waals surface area contributed by atoms with Gasteiger partial charge in [-0.3, -0.25) is 9.78 Å². The molecule has 2 heterocycles. The van der Waals surface area contributed by atoms with Crippen molar-refractivity contribution < 1.29 is 4.79 Å². The van der Waals surface area contributed by atoms with E-state index in [0.717, 1.165) is 31.9 Å². The molecule has 102 valence electrons. The maximum absolute atomic E-state index is 11.3. The second kappa shape index (κ2) is 5.71. The molecular weight excluding hydrogens is 242 g/mol. The van der Waals surface area contributed by atoms with Crippen molar-refractivity contribution in [3.63, 3.8) is 0 Å². The summed E-state index contributed by atoms with van der Waals surface area (Å²) in [6.07, 6.45) is 2.88. The van der Waals surface area contributed by atoms with Crippen LogP contribution in [-0.4, -0.2) is 49.0 Å². The number of anilines is 1. The Kier molecular flexibility index (Phi) is 4.01. The lowest BCUT2D eigenvalue weighted by Crippen LogP contribution is -2.44. The highest BCUT2D eigenvalue weighted by atomic mass is 16.1. The molecule has 1 aromatic rings. The van der Waals surface area contributed by atoms with Crippen molar-refractivity contribution in [2.75, 3.05) is 38.1 Å². The van der Waals surface area contributed by atoms with Crippen LogP contribution >= 0.6 is 0 Å². The molecule has 0 saturated carbocycles. The van der Waals surface area contributed by atoms with E-state index in [1.807, 2.05) is 12.1 Å². The first-order valence-electron chi connectivity index (χ1n) is 6.23. The van der Waals surface area contributed by atoms with Gasteiger partial charge in [0.25, 0.3) is 5.91 Å². The van der Waals surface area contributed by atoms with Crippen LogP contribution in [0.4, 0.5) is 5.69 Å². The highest BCUT2D eigenvalue weighted by molar-refractivity contribution is 6.18. The number of aromatic nitrogens is 1. The van der Waals surface area contributed by atoms with Crippen molar-refractivity contribution in [2.45, 2.75) is 0 Å². The molecule has 6 heteroatoms. The van der Waals surface area contributed by atoms with Gasteiger partial charge < -0.3 is 21.3 Å². The Bertz CT molecular complexity index is 492. The van der Waals surface area contributed by atoms with Gasteiger partial charge in [0.2, 0.25) is 0 Å². The summed E-state index contributed by atoms with van der Waals surface area (Å²) in [6.45, 7) is 3.95. The van der Waals surface area contributed by atoms with E-state index in [0.29, 0.717) is 5.69 Å². The summed E-state index contributed by atoms with van der Waals surface area (Å²) in [7, 11) is 2.11. The summed E-state index contributed by atoms with van der Waals surface area (Å²) >= 11 is 0. The number of hydrogen-bond donors (Lipinski definition) is 2. The molecule has 1 amide bonds. The summed E-state index contributed by atoms with van der Waals surface area (Å²) in [5.41, 5.74) is 12.5. The molecule has 0 radical (unpaired) electrons. The van der Waals surface area contributed by atoms with Gasteiger partial charge in [0.15, 0.2) is 0 Å². The van der Waals surface area contributed by atoms with Crippen LogP contribution in [0.25, 0.3) is 5.57 Å². The maximum atomic E-state index is 11.3. The van der Waals surface area contributed by atoms with Crippen LogP contribution in [0.15, 0.2) is 24.5 Å². The van der Waals surface area contributed by atoms with Gasteiger partial charge in [0.1, 0.15) is 0 Å². The number of primary amides is 1. The Morgan fingerprint density at radius 3 is 2.63 bits per heavy atom. The van der Waals surface area contributed by atoms with Crippen molar-refractivity contribution in [1.29, 1.82) is 0 Å². The number of hydrogen-bond acceptors (Lipinski definition) is 5. The van der Waals surface area contributed by atoms with Crippen LogP contribution in [0.5, 0.6) is 0 Å². The van der Waals surface area contributed by atoms with Crippen LogP contribution in [0.3, 0.4) is 0 Å². The fourth-order valence-corrected chi connectivity index (χ4v) is 2.12. The fourth-order valence-electron chi connectivity index (χ4n) is 2.12. The average Bonchev–Trinajstić information content (AvgIpc) is 2.40. The molecule has 19 heavy (non-hydrogen) atoms. The quantitative estimate of drug-likeness (QED) is 0.724.